The molecule has 112 valence electrons. The summed E-state index contributed by atoms with van der Waals surface area (Å²) in [6.45, 7) is 6.80. The highest BCUT2D eigenvalue weighted by Crippen LogP contribution is 2.13. The smallest absolute Gasteiger partial charge is 0.118 e. The van der Waals surface area contributed by atoms with Crippen LogP contribution >= 0.6 is 0 Å². The Kier molecular flexibility index (Phi) is 5.83. The molecular weight excluding hydrogens is 250 g/mol. The summed E-state index contributed by atoms with van der Waals surface area (Å²) >= 11 is 0. The molecule has 1 fully saturated rings. The van der Waals surface area contributed by atoms with E-state index >= 15 is 0 Å². The number of nitrogens with one attached hydrogen (secondary N) is 1. The molecule has 1 aliphatic heterocycles. The van der Waals surface area contributed by atoms with E-state index in [2.05, 4.69) is 41.4 Å². The van der Waals surface area contributed by atoms with Gasteiger partial charge in [0.1, 0.15) is 5.75 Å². The van der Waals surface area contributed by atoms with E-state index in [0.29, 0.717) is 6.04 Å². The lowest BCUT2D eigenvalue weighted by atomic mass is 10.1. The number of hydrazine groups is 1. The molecule has 1 aliphatic rings. The molecule has 0 unspecified atom stereocenters. The Bertz CT molecular complexity index is 385. The van der Waals surface area contributed by atoms with Gasteiger partial charge in [0.15, 0.2) is 0 Å². The molecule has 1 N–H and O–H groups in total. The van der Waals surface area contributed by atoms with Gasteiger partial charge in [0, 0.05) is 32.2 Å². The van der Waals surface area contributed by atoms with Gasteiger partial charge in [0.05, 0.1) is 7.11 Å². The maximum atomic E-state index is 5.18. The number of rotatable bonds is 6. The number of nitrogens with zero attached hydrogens (tertiary/aromatic N) is 2. The fourth-order valence-electron chi connectivity index (χ4n) is 2.49. The molecule has 4 heteroatoms. The van der Waals surface area contributed by atoms with Gasteiger partial charge < -0.3 is 9.64 Å². The van der Waals surface area contributed by atoms with Gasteiger partial charge in [-0.1, -0.05) is 12.1 Å². The second-order valence-electron chi connectivity index (χ2n) is 5.71. The molecule has 4 nitrogen and oxygen atoms in total. The van der Waals surface area contributed by atoms with Crippen LogP contribution in [0.4, 0.5) is 0 Å². The van der Waals surface area contributed by atoms with Gasteiger partial charge in [-0.15, -0.1) is 0 Å². The van der Waals surface area contributed by atoms with Gasteiger partial charge in [-0.2, -0.15) is 0 Å². The maximum Gasteiger partial charge on any atom is 0.118 e. The fraction of sp³-hybridized carbons (Fsp3) is 0.625. The van der Waals surface area contributed by atoms with Crippen molar-refractivity contribution < 1.29 is 4.74 Å². The maximum absolute atomic E-state index is 5.18. The lowest BCUT2D eigenvalue weighted by molar-refractivity contribution is 0.0883. The molecule has 0 saturated carbocycles. The normalized spacial score (nSPS) is 18.9. The summed E-state index contributed by atoms with van der Waals surface area (Å²) in [5.41, 5.74) is 4.99. The van der Waals surface area contributed by atoms with Crippen molar-refractivity contribution in [3.8, 4) is 5.75 Å². The van der Waals surface area contributed by atoms with Gasteiger partial charge in [-0.3, -0.25) is 5.43 Å². The summed E-state index contributed by atoms with van der Waals surface area (Å²) in [5.74, 6) is 0.928. The number of ether oxygens (including phenoxy) is 1. The number of likely N-dealkylation sites (N-methyl/N-ethyl adjacent to an activating group) is 1. The van der Waals surface area contributed by atoms with Crippen LogP contribution in [0.2, 0.25) is 0 Å². The fourth-order valence-corrected chi connectivity index (χ4v) is 2.49. The number of methoxy groups -OCH3 is 1. The minimum Gasteiger partial charge on any atom is -0.497 e. The molecule has 0 amide bonds. The predicted octanol–water partition coefficient (Wildman–Crippen LogP) is 1.77. The highest BCUT2D eigenvalue weighted by molar-refractivity contribution is 5.27. The van der Waals surface area contributed by atoms with Crippen molar-refractivity contribution in [1.29, 1.82) is 0 Å². The number of benzene rings is 1. The summed E-state index contributed by atoms with van der Waals surface area (Å²) in [4.78, 5) is 2.38. The van der Waals surface area contributed by atoms with Gasteiger partial charge in [-0.25, -0.2) is 5.01 Å². The highest BCUT2D eigenvalue weighted by Gasteiger charge is 2.15. The minimum atomic E-state index is 0.514. The molecule has 20 heavy (non-hydrogen) atoms. The molecule has 1 saturated heterocycles. The van der Waals surface area contributed by atoms with Crippen molar-refractivity contribution in [3.05, 3.63) is 29.8 Å². The summed E-state index contributed by atoms with van der Waals surface area (Å²) < 4.78 is 5.18. The first-order valence-electron chi connectivity index (χ1n) is 7.50. The third-order valence-electron chi connectivity index (χ3n) is 3.93. The molecule has 2 rings (SSSR count). The predicted molar refractivity (Wildman–Crippen MR) is 83.0 cm³/mol. The van der Waals surface area contributed by atoms with Crippen LogP contribution in [0.3, 0.4) is 0 Å². The van der Waals surface area contributed by atoms with Crippen molar-refractivity contribution in [3.63, 3.8) is 0 Å². The molecule has 0 radical (unpaired) electrons. The van der Waals surface area contributed by atoms with Gasteiger partial charge in [0.2, 0.25) is 0 Å². The number of piperazine rings is 1. The van der Waals surface area contributed by atoms with E-state index in [1.807, 2.05) is 12.1 Å². The van der Waals surface area contributed by atoms with Crippen LogP contribution in [-0.4, -0.2) is 56.3 Å². The summed E-state index contributed by atoms with van der Waals surface area (Å²) in [6, 6.07) is 8.89. The van der Waals surface area contributed by atoms with Crippen LogP contribution < -0.4 is 10.2 Å². The summed E-state index contributed by atoms with van der Waals surface area (Å²) in [5, 5.41) is 2.36. The summed E-state index contributed by atoms with van der Waals surface area (Å²) in [7, 11) is 3.89. The molecule has 1 atom stereocenters. The molecule has 1 aromatic rings. The minimum absolute atomic E-state index is 0.514. The summed E-state index contributed by atoms with van der Waals surface area (Å²) in [6.07, 6.45) is 2.25. The van der Waals surface area contributed by atoms with Gasteiger partial charge in [0.25, 0.3) is 0 Å². The number of hydrogen-bond acceptors (Lipinski definition) is 4. The SMILES string of the molecule is COc1ccc(CC[C@@H](C)NN2CCN(C)CC2)cc1. The van der Waals surface area contributed by atoms with Crippen molar-refractivity contribution in [2.75, 3.05) is 40.3 Å². The Morgan fingerprint density at radius 1 is 1.15 bits per heavy atom. The second-order valence-corrected chi connectivity index (χ2v) is 5.71. The second kappa shape index (κ2) is 7.62. The van der Waals surface area contributed by atoms with Crippen molar-refractivity contribution in [2.24, 2.45) is 0 Å². The van der Waals surface area contributed by atoms with E-state index < -0.39 is 0 Å². The van der Waals surface area contributed by atoms with E-state index in [1.54, 1.807) is 7.11 Å². The van der Waals surface area contributed by atoms with Crippen molar-refractivity contribution >= 4 is 0 Å². The van der Waals surface area contributed by atoms with Crippen LogP contribution in [-0.2, 0) is 6.42 Å². The molecule has 1 heterocycles. The van der Waals surface area contributed by atoms with Crippen LogP contribution in [0.1, 0.15) is 18.9 Å². The zero-order valence-corrected chi connectivity index (χ0v) is 12.9. The van der Waals surface area contributed by atoms with Gasteiger partial charge in [-0.05, 0) is 44.5 Å². The molecule has 0 spiro atoms. The van der Waals surface area contributed by atoms with E-state index in [0.717, 1.165) is 44.8 Å². The Morgan fingerprint density at radius 3 is 2.40 bits per heavy atom. The monoisotopic (exact) mass is 277 g/mol. The van der Waals surface area contributed by atoms with E-state index in [1.165, 1.54) is 5.56 Å². The standard InChI is InChI=1S/C16H27N3O/c1-14(17-19-12-10-18(2)11-13-19)4-5-15-6-8-16(20-3)9-7-15/h6-9,14,17H,4-5,10-13H2,1-3H3/t14-/m1/s1. The Balaban J connectivity index is 1.70. The molecule has 1 aromatic carbocycles. The lowest BCUT2D eigenvalue weighted by Gasteiger charge is -2.34. The van der Waals surface area contributed by atoms with Crippen LogP contribution in [0.15, 0.2) is 24.3 Å². The molecular formula is C16H27N3O. The third kappa shape index (κ3) is 4.78. The zero-order valence-electron chi connectivity index (χ0n) is 12.9. The molecule has 0 aromatic heterocycles. The number of hydrogen-bond donors (Lipinski definition) is 1. The largest absolute Gasteiger partial charge is 0.497 e. The zero-order chi connectivity index (χ0) is 14.4. The van der Waals surface area contributed by atoms with E-state index in [4.69, 9.17) is 4.74 Å². The van der Waals surface area contributed by atoms with Gasteiger partial charge >= 0.3 is 0 Å². The van der Waals surface area contributed by atoms with Crippen molar-refractivity contribution in [1.82, 2.24) is 15.3 Å². The topological polar surface area (TPSA) is 27.7 Å². The third-order valence-corrected chi connectivity index (χ3v) is 3.93. The Labute approximate surface area is 122 Å². The first kappa shape index (κ1) is 15.3. The van der Waals surface area contributed by atoms with Crippen LogP contribution in [0.5, 0.6) is 5.75 Å². The Hall–Kier alpha value is -1.10. The average Bonchev–Trinajstić information content (AvgIpc) is 2.48. The quantitative estimate of drug-likeness (QED) is 0.857. The van der Waals surface area contributed by atoms with Crippen LogP contribution in [0.25, 0.3) is 0 Å². The van der Waals surface area contributed by atoms with E-state index in [9.17, 15) is 0 Å². The van der Waals surface area contributed by atoms with Crippen molar-refractivity contribution in [2.45, 2.75) is 25.8 Å². The molecule has 0 bridgehead atoms. The molecule has 0 aliphatic carbocycles. The lowest BCUT2D eigenvalue weighted by Crippen LogP contribution is -2.53. The highest BCUT2D eigenvalue weighted by atomic mass is 16.5. The van der Waals surface area contributed by atoms with E-state index in [-0.39, 0.29) is 0 Å². The first-order valence-corrected chi connectivity index (χ1v) is 7.50. The van der Waals surface area contributed by atoms with Crippen LogP contribution in [0, 0.1) is 0 Å². The average molecular weight is 277 g/mol. The number of aryl methyl sites for hydroxylation is 1. The Morgan fingerprint density at radius 2 is 1.80 bits per heavy atom. The first-order chi connectivity index (χ1) is 9.67.